The van der Waals surface area contributed by atoms with E-state index in [9.17, 15) is 18.0 Å². The van der Waals surface area contributed by atoms with E-state index in [1.165, 1.54) is 24.3 Å². The van der Waals surface area contributed by atoms with Crippen molar-refractivity contribution in [3.8, 4) is 5.75 Å². The SMILES string of the molecule is NCCCCCCC(=O)NCc1ccc(OC(F)(F)F)cc1. The van der Waals surface area contributed by atoms with Crippen LogP contribution in [0.2, 0.25) is 0 Å². The first kappa shape index (κ1) is 18.3. The van der Waals surface area contributed by atoms with Gasteiger partial charge in [0.2, 0.25) is 5.91 Å². The molecule has 0 spiro atoms. The van der Waals surface area contributed by atoms with Crippen LogP contribution in [0, 0.1) is 0 Å². The zero-order valence-corrected chi connectivity index (χ0v) is 12.3. The molecule has 22 heavy (non-hydrogen) atoms. The van der Waals surface area contributed by atoms with Gasteiger partial charge >= 0.3 is 6.36 Å². The quantitative estimate of drug-likeness (QED) is 0.688. The van der Waals surface area contributed by atoms with Gasteiger partial charge in [0.05, 0.1) is 0 Å². The number of benzene rings is 1. The van der Waals surface area contributed by atoms with Crippen molar-refractivity contribution in [3.63, 3.8) is 0 Å². The lowest BCUT2D eigenvalue weighted by Crippen LogP contribution is -2.22. The molecule has 0 bridgehead atoms. The minimum atomic E-state index is -4.69. The van der Waals surface area contributed by atoms with Crippen LogP contribution in [0.15, 0.2) is 24.3 Å². The summed E-state index contributed by atoms with van der Waals surface area (Å²) in [5.41, 5.74) is 6.09. The van der Waals surface area contributed by atoms with E-state index in [4.69, 9.17) is 5.73 Å². The number of carbonyl (C=O) groups is 1. The number of hydrogen-bond acceptors (Lipinski definition) is 3. The zero-order chi connectivity index (χ0) is 16.4. The van der Waals surface area contributed by atoms with Crippen molar-refractivity contribution in [2.75, 3.05) is 6.54 Å². The van der Waals surface area contributed by atoms with Gasteiger partial charge in [-0.15, -0.1) is 13.2 Å². The third-order valence-corrected chi connectivity index (χ3v) is 3.00. The summed E-state index contributed by atoms with van der Waals surface area (Å²) in [5.74, 6) is -0.342. The van der Waals surface area contributed by atoms with E-state index in [0.717, 1.165) is 25.7 Å². The summed E-state index contributed by atoms with van der Waals surface area (Å²) in [6.07, 6.45) is -0.490. The van der Waals surface area contributed by atoms with Crippen LogP contribution >= 0.6 is 0 Å². The lowest BCUT2D eigenvalue weighted by atomic mass is 10.1. The lowest BCUT2D eigenvalue weighted by Gasteiger charge is -2.09. The summed E-state index contributed by atoms with van der Waals surface area (Å²) in [5, 5.41) is 2.73. The molecule has 0 aliphatic rings. The Hall–Kier alpha value is -1.76. The fraction of sp³-hybridized carbons (Fsp3) is 0.533. The second-order valence-corrected chi connectivity index (χ2v) is 4.92. The Morgan fingerprint density at radius 2 is 1.73 bits per heavy atom. The molecule has 124 valence electrons. The molecule has 4 nitrogen and oxygen atoms in total. The number of carbonyl (C=O) groups excluding carboxylic acids is 1. The summed E-state index contributed by atoms with van der Waals surface area (Å²) in [4.78, 5) is 11.6. The molecule has 0 radical (unpaired) electrons. The van der Waals surface area contributed by atoms with Crippen LogP contribution in [0.5, 0.6) is 5.75 Å². The summed E-state index contributed by atoms with van der Waals surface area (Å²) >= 11 is 0. The summed E-state index contributed by atoms with van der Waals surface area (Å²) in [7, 11) is 0. The second-order valence-electron chi connectivity index (χ2n) is 4.92. The fourth-order valence-corrected chi connectivity index (χ4v) is 1.88. The summed E-state index contributed by atoms with van der Waals surface area (Å²) in [6.45, 7) is 0.953. The largest absolute Gasteiger partial charge is 0.573 e. The number of alkyl halides is 3. The average Bonchev–Trinajstić information content (AvgIpc) is 2.45. The Bertz CT molecular complexity index is 447. The molecule has 3 N–H and O–H groups in total. The van der Waals surface area contributed by atoms with Gasteiger partial charge in [0.15, 0.2) is 0 Å². The first-order chi connectivity index (χ1) is 10.4. The Morgan fingerprint density at radius 3 is 2.32 bits per heavy atom. The fourth-order valence-electron chi connectivity index (χ4n) is 1.88. The Kier molecular flexibility index (Phi) is 7.73. The van der Waals surface area contributed by atoms with Crippen LogP contribution in [-0.2, 0) is 11.3 Å². The van der Waals surface area contributed by atoms with E-state index in [2.05, 4.69) is 10.1 Å². The number of amides is 1. The number of rotatable bonds is 9. The summed E-state index contributed by atoms with van der Waals surface area (Å²) in [6, 6.07) is 5.43. The van der Waals surface area contributed by atoms with Crippen LogP contribution < -0.4 is 15.8 Å². The van der Waals surface area contributed by atoms with E-state index in [-0.39, 0.29) is 18.2 Å². The van der Waals surface area contributed by atoms with Gasteiger partial charge in [0.1, 0.15) is 5.75 Å². The molecule has 1 aromatic carbocycles. The lowest BCUT2D eigenvalue weighted by molar-refractivity contribution is -0.274. The third kappa shape index (κ3) is 8.51. The number of nitrogens with two attached hydrogens (primary N) is 1. The molecule has 0 aliphatic carbocycles. The van der Waals surface area contributed by atoms with Crippen LogP contribution in [0.3, 0.4) is 0 Å². The number of hydrogen-bond donors (Lipinski definition) is 2. The van der Waals surface area contributed by atoms with Crippen molar-refractivity contribution in [2.45, 2.75) is 45.0 Å². The molecule has 0 heterocycles. The van der Waals surface area contributed by atoms with E-state index in [0.29, 0.717) is 18.5 Å². The number of halogens is 3. The Labute approximate surface area is 127 Å². The highest BCUT2D eigenvalue weighted by atomic mass is 19.4. The Balaban J connectivity index is 2.25. The Morgan fingerprint density at radius 1 is 1.09 bits per heavy atom. The standard InChI is InChI=1S/C15H21F3N2O2/c16-15(17,18)22-13-8-6-12(7-9-13)11-20-14(21)5-3-1-2-4-10-19/h6-9H,1-5,10-11,19H2,(H,20,21). The molecule has 0 saturated heterocycles. The number of nitrogens with one attached hydrogen (secondary N) is 1. The molecule has 0 unspecified atom stereocenters. The van der Waals surface area contributed by atoms with Gasteiger partial charge < -0.3 is 15.8 Å². The smallest absolute Gasteiger partial charge is 0.406 e. The van der Waals surface area contributed by atoms with Crippen molar-refractivity contribution >= 4 is 5.91 Å². The molecule has 7 heteroatoms. The van der Waals surface area contributed by atoms with Gasteiger partial charge in [-0.2, -0.15) is 0 Å². The average molecular weight is 318 g/mol. The van der Waals surface area contributed by atoms with Gasteiger partial charge in [-0.1, -0.05) is 25.0 Å². The molecule has 0 saturated carbocycles. The molecule has 0 aliphatic heterocycles. The first-order valence-electron chi connectivity index (χ1n) is 7.22. The normalized spacial score (nSPS) is 11.3. The van der Waals surface area contributed by atoms with Gasteiger partial charge in [0, 0.05) is 13.0 Å². The number of unbranched alkanes of at least 4 members (excludes halogenated alkanes) is 3. The van der Waals surface area contributed by atoms with E-state index < -0.39 is 6.36 Å². The molecule has 1 amide bonds. The first-order valence-corrected chi connectivity index (χ1v) is 7.22. The molecule has 0 aromatic heterocycles. The van der Waals surface area contributed by atoms with Crippen LogP contribution in [0.1, 0.15) is 37.7 Å². The van der Waals surface area contributed by atoms with Crippen molar-refractivity contribution in [1.82, 2.24) is 5.32 Å². The second kappa shape index (κ2) is 9.30. The monoisotopic (exact) mass is 318 g/mol. The maximum absolute atomic E-state index is 12.0. The van der Waals surface area contributed by atoms with Crippen molar-refractivity contribution in [2.24, 2.45) is 5.73 Å². The van der Waals surface area contributed by atoms with Gasteiger partial charge in [0.25, 0.3) is 0 Å². The molecule has 0 fully saturated rings. The molecule has 1 aromatic rings. The topological polar surface area (TPSA) is 64.4 Å². The van der Waals surface area contributed by atoms with Crippen LogP contribution in [-0.4, -0.2) is 18.8 Å². The molecular weight excluding hydrogens is 297 g/mol. The van der Waals surface area contributed by atoms with Crippen LogP contribution in [0.25, 0.3) is 0 Å². The highest BCUT2D eigenvalue weighted by Gasteiger charge is 2.30. The zero-order valence-electron chi connectivity index (χ0n) is 12.3. The van der Waals surface area contributed by atoms with Crippen molar-refractivity contribution in [3.05, 3.63) is 29.8 Å². The number of ether oxygens (including phenoxy) is 1. The summed E-state index contributed by atoms with van der Waals surface area (Å²) < 4.78 is 39.8. The van der Waals surface area contributed by atoms with Gasteiger partial charge in [-0.05, 0) is 37.1 Å². The van der Waals surface area contributed by atoms with Crippen molar-refractivity contribution < 1.29 is 22.7 Å². The molecular formula is C15H21F3N2O2. The minimum Gasteiger partial charge on any atom is -0.406 e. The van der Waals surface area contributed by atoms with Crippen molar-refractivity contribution in [1.29, 1.82) is 0 Å². The van der Waals surface area contributed by atoms with Gasteiger partial charge in [-0.25, -0.2) is 0 Å². The highest BCUT2D eigenvalue weighted by Crippen LogP contribution is 2.22. The van der Waals surface area contributed by atoms with Gasteiger partial charge in [-0.3, -0.25) is 4.79 Å². The predicted molar refractivity (Wildman–Crippen MR) is 77.1 cm³/mol. The highest BCUT2D eigenvalue weighted by molar-refractivity contribution is 5.75. The molecule has 0 atom stereocenters. The molecule has 1 rings (SSSR count). The van der Waals surface area contributed by atoms with E-state index >= 15 is 0 Å². The van der Waals surface area contributed by atoms with E-state index in [1.54, 1.807) is 0 Å². The predicted octanol–water partition coefficient (Wildman–Crippen LogP) is 3.11. The maximum atomic E-state index is 12.0. The minimum absolute atomic E-state index is 0.0663. The maximum Gasteiger partial charge on any atom is 0.573 e. The third-order valence-electron chi connectivity index (χ3n) is 3.00. The van der Waals surface area contributed by atoms with Crippen LogP contribution in [0.4, 0.5) is 13.2 Å². The van der Waals surface area contributed by atoms with E-state index in [1.807, 2.05) is 0 Å².